The van der Waals surface area contributed by atoms with Crippen molar-refractivity contribution >= 4 is 17.8 Å². The summed E-state index contributed by atoms with van der Waals surface area (Å²) in [6.45, 7) is 0. The van der Waals surface area contributed by atoms with Gasteiger partial charge in [0.15, 0.2) is 0 Å². The highest BCUT2D eigenvalue weighted by Crippen LogP contribution is 2.43. The molecule has 2 aliphatic heterocycles. The Balaban J connectivity index is 2.04. The zero-order chi connectivity index (χ0) is 16.7. The molecule has 2 aliphatic rings. The largest absolute Gasteiger partial charge is 0.468 e. The predicted octanol–water partition coefficient (Wildman–Crippen LogP) is -0.0248. The van der Waals surface area contributed by atoms with E-state index in [1.54, 1.807) is 24.3 Å². The zero-order valence-corrected chi connectivity index (χ0v) is 12.6. The van der Waals surface area contributed by atoms with E-state index in [-0.39, 0.29) is 11.8 Å². The number of rotatable bonds is 2. The normalized spacial score (nSPS) is 29.3. The summed E-state index contributed by atoms with van der Waals surface area (Å²) >= 11 is 0. The summed E-state index contributed by atoms with van der Waals surface area (Å²) in [7, 11) is 2.66. The first kappa shape index (κ1) is 15.2. The van der Waals surface area contributed by atoms with E-state index in [4.69, 9.17) is 10.00 Å². The van der Waals surface area contributed by atoms with Gasteiger partial charge in [0, 0.05) is 13.1 Å². The van der Waals surface area contributed by atoms with Crippen LogP contribution < -0.4 is 5.32 Å². The molecule has 0 radical (unpaired) electrons. The second-order valence-corrected chi connectivity index (χ2v) is 5.67. The maximum Gasteiger partial charge on any atom is 0.323 e. The number of fused-ring (bicyclic) bond motifs is 1. The standard InChI is InChI=1S/C16H15N3O4/c1-19-14(20)10-11(15(19)21)13(16(22)23-2)18-12(10)9-5-3-4-8(6-9)7-17/h3-6,10-13,18H,1-2H3/t10-,11+,12-,13+/m0/s1. The molecule has 3 rings (SSSR count). The van der Waals surface area contributed by atoms with Crippen LogP contribution in [0.3, 0.4) is 0 Å². The van der Waals surface area contributed by atoms with Crippen LogP contribution >= 0.6 is 0 Å². The number of imide groups is 1. The van der Waals surface area contributed by atoms with E-state index >= 15 is 0 Å². The molecule has 1 aromatic carbocycles. The van der Waals surface area contributed by atoms with Crippen LogP contribution in [-0.4, -0.2) is 42.9 Å². The third-order valence-electron chi connectivity index (χ3n) is 4.53. The molecule has 2 fully saturated rings. The molecule has 118 valence electrons. The average Bonchev–Trinajstić information content (AvgIpc) is 3.07. The van der Waals surface area contributed by atoms with Crippen LogP contribution in [0.15, 0.2) is 24.3 Å². The fourth-order valence-corrected chi connectivity index (χ4v) is 3.41. The highest BCUT2D eigenvalue weighted by Gasteiger charge is 2.60. The number of amides is 2. The average molecular weight is 313 g/mol. The Morgan fingerprint density at radius 2 is 2.00 bits per heavy atom. The summed E-state index contributed by atoms with van der Waals surface area (Å²) in [4.78, 5) is 37.8. The number of hydrogen-bond donors (Lipinski definition) is 1. The van der Waals surface area contributed by atoms with E-state index < -0.39 is 29.9 Å². The van der Waals surface area contributed by atoms with E-state index in [1.807, 2.05) is 6.07 Å². The number of nitriles is 1. The van der Waals surface area contributed by atoms with Crippen LogP contribution in [0.5, 0.6) is 0 Å². The van der Waals surface area contributed by atoms with Gasteiger partial charge in [0.1, 0.15) is 6.04 Å². The molecule has 1 aromatic rings. The number of carbonyl (C=O) groups excluding carboxylic acids is 3. The molecule has 7 heteroatoms. The first-order valence-corrected chi connectivity index (χ1v) is 7.15. The van der Waals surface area contributed by atoms with Crippen molar-refractivity contribution in [3.63, 3.8) is 0 Å². The van der Waals surface area contributed by atoms with Crippen LogP contribution in [0.25, 0.3) is 0 Å². The van der Waals surface area contributed by atoms with Gasteiger partial charge in [-0.3, -0.25) is 24.6 Å². The van der Waals surface area contributed by atoms with Crippen LogP contribution in [0, 0.1) is 23.2 Å². The van der Waals surface area contributed by atoms with Crippen molar-refractivity contribution in [3.8, 4) is 6.07 Å². The molecule has 23 heavy (non-hydrogen) atoms. The van der Waals surface area contributed by atoms with Crippen molar-refractivity contribution in [1.82, 2.24) is 10.2 Å². The van der Waals surface area contributed by atoms with E-state index in [1.165, 1.54) is 14.2 Å². The Hall–Kier alpha value is -2.72. The molecule has 7 nitrogen and oxygen atoms in total. The Labute approximate surface area is 132 Å². The van der Waals surface area contributed by atoms with Gasteiger partial charge in [-0.25, -0.2) is 0 Å². The molecule has 0 saturated carbocycles. The maximum atomic E-state index is 12.4. The molecule has 2 amide bonds. The third-order valence-corrected chi connectivity index (χ3v) is 4.53. The number of hydrogen-bond acceptors (Lipinski definition) is 6. The lowest BCUT2D eigenvalue weighted by atomic mass is 9.86. The van der Waals surface area contributed by atoms with Crippen molar-refractivity contribution in [1.29, 1.82) is 5.26 Å². The summed E-state index contributed by atoms with van der Waals surface area (Å²) in [5, 5.41) is 12.1. The number of methoxy groups -OCH3 is 1. The lowest BCUT2D eigenvalue weighted by molar-refractivity contribution is -0.147. The number of ether oxygens (including phenoxy) is 1. The van der Waals surface area contributed by atoms with E-state index in [0.29, 0.717) is 11.1 Å². The fraction of sp³-hybridized carbons (Fsp3) is 0.375. The monoisotopic (exact) mass is 313 g/mol. The van der Waals surface area contributed by atoms with Gasteiger partial charge < -0.3 is 4.74 Å². The Bertz CT molecular complexity index is 739. The van der Waals surface area contributed by atoms with Crippen LogP contribution in [-0.2, 0) is 19.1 Å². The molecule has 2 heterocycles. The molecule has 0 aromatic heterocycles. The van der Waals surface area contributed by atoms with Crippen molar-refractivity contribution < 1.29 is 19.1 Å². The fourth-order valence-electron chi connectivity index (χ4n) is 3.41. The van der Waals surface area contributed by atoms with Crippen LogP contribution in [0.1, 0.15) is 17.2 Å². The SMILES string of the molecule is COC(=O)[C@@H]1N[C@@H](c2cccc(C#N)c2)[C@H]2C(=O)N(C)C(=O)[C@H]21. The molecule has 2 saturated heterocycles. The Morgan fingerprint density at radius 3 is 2.65 bits per heavy atom. The first-order valence-electron chi connectivity index (χ1n) is 7.15. The van der Waals surface area contributed by atoms with Crippen molar-refractivity contribution in [2.75, 3.05) is 14.2 Å². The minimum Gasteiger partial charge on any atom is -0.468 e. The summed E-state index contributed by atoms with van der Waals surface area (Å²) in [6.07, 6.45) is 0. The van der Waals surface area contributed by atoms with Crippen molar-refractivity contribution in [2.24, 2.45) is 11.8 Å². The van der Waals surface area contributed by atoms with Gasteiger partial charge in [0.25, 0.3) is 0 Å². The molecular weight excluding hydrogens is 298 g/mol. The second kappa shape index (κ2) is 5.48. The van der Waals surface area contributed by atoms with Crippen molar-refractivity contribution in [3.05, 3.63) is 35.4 Å². The maximum absolute atomic E-state index is 12.4. The van der Waals surface area contributed by atoms with Gasteiger partial charge >= 0.3 is 5.97 Å². The number of esters is 1. The quantitative estimate of drug-likeness (QED) is 0.608. The summed E-state index contributed by atoms with van der Waals surface area (Å²) in [5.41, 5.74) is 1.15. The molecule has 0 aliphatic carbocycles. The van der Waals surface area contributed by atoms with Crippen LogP contribution in [0.2, 0.25) is 0 Å². The molecule has 0 unspecified atom stereocenters. The lowest BCUT2D eigenvalue weighted by Crippen LogP contribution is -2.42. The van der Waals surface area contributed by atoms with Gasteiger partial charge in [-0.15, -0.1) is 0 Å². The third kappa shape index (κ3) is 2.19. The van der Waals surface area contributed by atoms with E-state index in [9.17, 15) is 14.4 Å². The molecule has 0 spiro atoms. The van der Waals surface area contributed by atoms with E-state index in [2.05, 4.69) is 5.32 Å². The molecule has 1 N–H and O–H groups in total. The summed E-state index contributed by atoms with van der Waals surface area (Å²) in [5.74, 6) is -2.75. The highest BCUT2D eigenvalue weighted by atomic mass is 16.5. The predicted molar refractivity (Wildman–Crippen MR) is 77.6 cm³/mol. The first-order chi connectivity index (χ1) is 11.0. The number of nitrogens with zero attached hydrogens (tertiary/aromatic N) is 2. The minimum absolute atomic E-state index is 0.328. The lowest BCUT2D eigenvalue weighted by Gasteiger charge is -2.19. The van der Waals surface area contributed by atoms with Crippen molar-refractivity contribution in [2.45, 2.75) is 12.1 Å². The van der Waals surface area contributed by atoms with Gasteiger partial charge in [-0.05, 0) is 17.7 Å². The molecule has 0 bridgehead atoms. The highest BCUT2D eigenvalue weighted by molar-refractivity contribution is 6.08. The van der Waals surface area contributed by atoms with Gasteiger partial charge in [-0.1, -0.05) is 12.1 Å². The summed E-state index contributed by atoms with van der Waals surface area (Å²) in [6, 6.07) is 7.44. The Kier molecular flexibility index (Phi) is 3.62. The molecular formula is C16H15N3O4. The minimum atomic E-state index is -0.873. The van der Waals surface area contributed by atoms with Gasteiger partial charge in [0.2, 0.25) is 11.8 Å². The number of carbonyl (C=O) groups is 3. The zero-order valence-electron chi connectivity index (χ0n) is 12.6. The topological polar surface area (TPSA) is 99.5 Å². The van der Waals surface area contributed by atoms with Gasteiger partial charge in [-0.2, -0.15) is 5.26 Å². The van der Waals surface area contributed by atoms with E-state index in [0.717, 1.165) is 4.90 Å². The van der Waals surface area contributed by atoms with Gasteiger partial charge in [0.05, 0.1) is 30.6 Å². The second-order valence-electron chi connectivity index (χ2n) is 5.67. The smallest absolute Gasteiger partial charge is 0.323 e. The molecule has 4 atom stereocenters. The Morgan fingerprint density at radius 1 is 1.30 bits per heavy atom. The van der Waals surface area contributed by atoms with Crippen LogP contribution in [0.4, 0.5) is 0 Å². The number of likely N-dealkylation sites (tertiary alicyclic amines) is 1. The number of benzene rings is 1. The number of nitrogens with one attached hydrogen (secondary N) is 1. The summed E-state index contributed by atoms with van der Waals surface area (Å²) < 4.78 is 4.75.